The predicted molar refractivity (Wildman–Crippen MR) is 30.6 cm³/mol. The Labute approximate surface area is 56.4 Å². The predicted octanol–water partition coefficient (Wildman–Crippen LogP) is -1.97. The third kappa shape index (κ3) is 28.2. The van der Waals surface area contributed by atoms with Crippen LogP contribution in [-0.2, 0) is 0 Å². The first-order valence-electron chi connectivity index (χ1n) is 0.378. The number of rotatable bonds is 0. The molecule has 0 unspecified atom stereocenters. The molecular weight excluding hydrogens is 198 g/mol. The van der Waals surface area contributed by atoms with Crippen molar-refractivity contribution < 1.29 is 16.4 Å². The van der Waals surface area contributed by atoms with Crippen molar-refractivity contribution in [1.82, 2.24) is 0 Å². The molecule has 0 spiro atoms. The van der Waals surface area contributed by atoms with E-state index in [2.05, 4.69) is 17.2 Å². The van der Waals surface area contributed by atoms with Gasteiger partial charge in [-0.15, -0.1) is 0 Å². The van der Waals surface area contributed by atoms with E-state index >= 15 is 0 Å². The molecule has 5 heavy (non-hydrogen) atoms. The molecule has 3 nitrogen and oxygen atoms in total. The van der Waals surface area contributed by atoms with Gasteiger partial charge in [-0.3, -0.25) is 0 Å². The molecule has 0 aromatic carbocycles. The van der Waals surface area contributed by atoms with E-state index in [9.17, 15) is 0 Å². The Morgan fingerprint density at radius 3 is 0.800 bits per heavy atom. The van der Waals surface area contributed by atoms with Crippen LogP contribution in [0, 0.1) is 0 Å². The van der Waals surface area contributed by atoms with Gasteiger partial charge in [-0.25, -0.2) is 0 Å². The number of halogens is 1. The van der Waals surface area contributed by atoms with Crippen LogP contribution >= 0.6 is 17.2 Å². The van der Waals surface area contributed by atoms with Crippen molar-refractivity contribution in [3.05, 3.63) is 0 Å². The summed E-state index contributed by atoms with van der Waals surface area (Å²) >= 11 is 3.56. The van der Waals surface area contributed by atoms with Crippen molar-refractivity contribution >= 4 is 40.6 Å². The molecule has 0 rings (SSSR count). The van der Waals surface area contributed by atoms with Gasteiger partial charge >= 0.3 is 40.6 Å². The van der Waals surface area contributed by atoms with Crippen molar-refractivity contribution in [2.75, 3.05) is 0 Å². The van der Waals surface area contributed by atoms with Crippen LogP contribution in [0.25, 0.3) is 0 Å². The average Bonchev–Trinajstić information content (AvgIpc) is 1.00. The minimum atomic E-state index is 0. The van der Waals surface area contributed by atoms with Crippen molar-refractivity contribution in [2.24, 2.45) is 0 Å². The average molecular weight is 204 g/mol. The molecule has 0 saturated heterocycles. The zero-order valence-corrected chi connectivity index (χ0v) is 7.04. The van der Waals surface area contributed by atoms with E-state index in [0.29, 0.717) is 0 Å². The molecule has 5 heteroatoms. The van der Waals surface area contributed by atoms with Gasteiger partial charge in [0.05, 0.1) is 0 Å². The third-order valence-corrected chi connectivity index (χ3v) is 0. The van der Waals surface area contributed by atoms with E-state index in [1.165, 1.54) is 23.4 Å². The quantitative estimate of drug-likeness (QED) is 0.323. The Hall–Kier alpha value is 1.61. The van der Waals surface area contributed by atoms with Gasteiger partial charge in [0.2, 0.25) is 0 Å². The second kappa shape index (κ2) is 46.0. The summed E-state index contributed by atoms with van der Waals surface area (Å²) in [7, 11) is 0. The van der Waals surface area contributed by atoms with Crippen molar-refractivity contribution in [1.29, 1.82) is 0 Å². The summed E-state index contributed by atoms with van der Waals surface area (Å²) in [6.45, 7) is 0. The SMILES string of the molecule is O.O.O.[Na][I]. The second-order valence-electron chi connectivity index (χ2n) is 0. The van der Waals surface area contributed by atoms with Crippen molar-refractivity contribution in [3.8, 4) is 0 Å². The molecule has 0 heterocycles. The van der Waals surface area contributed by atoms with E-state index in [-0.39, 0.29) is 16.4 Å². The molecule has 0 aromatic rings. The summed E-state index contributed by atoms with van der Waals surface area (Å²) < 4.78 is 0. The van der Waals surface area contributed by atoms with Gasteiger partial charge in [0.15, 0.2) is 0 Å². The molecule has 0 bridgehead atoms. The standard InChI is InChI=1S/HI.Na.3H2O/h1H;;3*1H2/q;+1;;;/p-1. The van der Waals surface area contributed by atoms with Crippen LogP contribution in [0.15, 0.2) is 0 Å². The van der Waals surface area contributed by atoms with E-state index < -0.39 is 0 Å². The van der Waals surface area contributed by atoms with E-state index in [1.807, 2.05) is 0 Å². The minimum absolute atomic E-state index is 0. The second-order valence-corrected chi connectivity index (χ2v) is 0. The number of hydrogen-bond donors (Lipinski definition) is 0. The molecule has 0 atom stereocenters. The summed E-state index contributed by atoms with van der Waals surface area (Å²) in [5.74, 6) is 0. The summed E-state index contributed by atoms with van der Waals surface area (Å²) in [4.78, 5) is 0. The van der Waals surface area contributed by atoms with Crippen molar-refractivity contribution in [3.63, 3.8) is 0 Å². The fourth-order valence-corrected chi connectivity index (χ4v) is 0. The van der Waals surface area contributed by atoms with Crippen LogP contribution in [0.4, 0.5) is 0 Å². The van der Waals surface area contributed by atoms with Crippen LogP contribution < -0.4 is 0 Å². The monoisotopic (exact) mass is 204 g/mol. The zero-order chi connectivity index (χ0) is 2.00. The Morgan fingerprint density at radius 1 is 0.800 bits per heavy atom. The first kappa shape index (κ1) is 30.5. The zero-order valence-electron chi connectivity index (χ0n) is 2.88. The Kier molecular flexibility index (Phi) is 281. The maximum atomic E-state index is 2.29. The normalized spacial score (nSPS) is 1.40. The molecule has 0 amide bonds. The summed E-state index contributed by atoms with van der Waals surface area (Å²) in [6.07, 6.45) is 0. The van der Waals surface area contributed by atoms with Gasteiger partial charge in [-0.2, -0.15) is 0 Å². The van der Waals surface area contributed by atoms with Crippen LogP contribution in [0.3, 0.4) is 0 Å². The molecule has 0 aliphatic carbocycles. The first-order valence-corrected chi connectivity index (χ1v) is 7.61. The van der Waals surface area contributed by atoms with Gasteiger partial charge in [-0.1, -0.05) is 0 Å². The van der Waals surface area contributed by atoms with Gasteiger partial charge in [0.1, 0.15) is 0 Å². The summed E-state index contributed by atoms with van der Waals surface area (Å²) in [5, 5.41) is 0. The van der Waals surface area contributed by atoms with Gasteiger partial charge in [0.25, 0.3) is 0 Å². The Balaban J connectivity index is -0.00000000167. The third-order valence-electron chi connectivity index (χ3n) is 0. The van der Waals surface area contributed by atoms with Gasteiger partial charge in [-0.05, 0) is 0 Å². The molecule has 0 aliphatic heterocycles. The first-order chi connectivity index (χ1) is 1.00. The molecule has 0 fully saturated rings. The summed E-state index contributed by atoms with van der Waals surface area (Å²) in [6, 6.07) is 0. The topological polar surface area (TPSA) is 94.5 Å². The van der Waals surface area contributed by atoms with E-state index in [1.54, 1.807) is 0 Å². The maximum absolute atomic E-state index is 2.29. The molecule has 0 radical (unpaired) electrons. The Morgan fingerprint density at radius 2 is 0.800 bits per heavy atom. The molecule has 0 saturated carbocycles. The van der Waals surface area contributed by atoms with Gasteiger partial charge < -0.3 is 16.4 Å². The molecule has 0 aliphatic rings. The Bertz CT molecular complexity index is 6.85. The van der Waals surface area contributed by atoms with Crippen LogP contribution in [0.1, 0.15) is 0 Å². The van der Waals surface area contributed by atoms with Crippen molar-refractivity contribution in [2.45, 2.75) is 0 Å². The van der Waals surface area contributed by atoms with Crippen LogP contribution in [-0.4, -0.2) is 39.9 Å². The van der Waals surface area contributed by atoms with E-state index in [0.717, 1.165) is 0 Å². The van der Waals surface area contributed by atoms with Crippen LogP contribution in [0.5, 0.6) is 0 Å². The molecule has 0 aromatic heterocycles. The molecular formula is H6INaO3. The number of hydrogen-bond acceptors (Lipinski definition) is 0. The van der Waals surface area contributed by atoms with E-state index in [4.69, 9.17) is 0 Å². The molecule has 6 N–H and O–H groups in total. The van der Waals surface area contributed by atoms with Gasteiger partial charge in [0, 0.05) is 0 Å². The molecule has 32 valence electrons. The fraction of sp³-hybridized carbons (Fsp3) is 0. The fourth-order valence-electron chi connectivity index (χ4n) is 0. The summed E-state index contributed by atoms with van der Waals surface area (Å²) in [5.41, 5.74) is 0. The van der Waals surface area contributed by atoms with Crippen LogP contribution in [0.2, 0.25) is 0 Å².